The molecule has 0 heterocycles. The molecule has 0 saturated heterocycles. The van der Waals surface area contributed by atoms with Gasteiger partial charge in [-0.15, -0.1) is 0 Å². The molecule has 0 atom stereocenters. The molecule has 0 saturated carbocycles. The zero-order chi connectivity index (χ0) is 25.5. The lowest BCUT2D eigenvalue weighted by Crippen LogP contribution is -2.32. The lowest BCUT2D eigenvalue weighted by atomic mass is 10.1. The molecule has 4 heteroatoms. The number of carbonyl (C=O) groups is 1. The lowest BCUT2D eigenvalue weighted by molar-refractivity contribution is 0.102. The molecule has 37 heavy (non-hydrogen) atoms. The Kier molecular flexibility index (Phi) is 8.28. The summed E-state index contributed by atoms with van der Waals surface area (Å²) in [6.45, 7) is 0. The van der Waals surface area contributed by atoms with Crippen molar-refractivity contribution in [3.8, 4) is 0 Å². The molecule has 0 aliphatic carbocycles. The SMILES string of the molecule is O=C(C[P+](CP(c1ccccc1)c1ccccc1)(c1ccccc1)c1ccccc1)c1ccc(Cl)cc1. The number of ketones is 1. The van der Waals surface area contributed by atoms with Crippen LogP contribution in [0.5, 0.6) is 0 Å². The van der Waals surface area contributed by atoms with Gasteiger partial charge in [0, 0.05) is 10.6 Å². The number of benzene rings is 5. The van der Waals surface area contributed by atoms with Gasteiger partial charge in [-0.3, -0.25) is 4.79 Å². The van der Waals surface area contributed by atoms with Crippen molar-refractivity contribution in [3.05, 3.63) is 156 Å². The molecule has 0 fully saturated rings. The normalized spacial score (nSPS) is 11.4. The number of carbonyl (C=O) groups excluding carboxylic acids is 1. The highest BCUT2D eigenvalue weighted by Gasteiger charge is 2.47. The van der Waals surface area contributed by atoms with E-state index in [0.29, 0.717) is 16.7 Å². The summed E-state index contributed by atoms with van der Waals surface area (Å²) in [6, 6.07) is 50.3. The van der Waals surface area contributed by atoms with Gasteiger partial charge in [-0.1, -0.05) is 109 Å². The second-order valence-corrected chi connectivity index (χ2v) is 15.7. The molecule has 5 aromatic carbocycles. The summed E-state index contributed by atoms with van der Waals surface area (Å²) in [5.41, 5.74) is 0.712. The van der Waals surface area contributed by atoms with Crippen LogP contribution in [0, 0.1) is 0 Å². The van der Waals surface area contributed by atoms with E-state index in [-0.39, 0.29) is 5.78 Å². The van der Waals surface area contributed by atoms with Crippen LogP contribution in [-0.2, 0) is 0 Å². The molecular formula is C33H28ClOP2+. The Morgan fingerprint density at radius 2 is 0.973 bits per heavy atom. The first kappa shape index (κ1) is 25.6. The van der Waals surface area contributed by atoms with Crippen molar-refractivity contribution in [2.24, 2.45) is 0 Å². The third-order valence-corrected chi connectivity index (χ3v) is 15.2. The van der Waals surface area contributed by atoms with E-state index in [0.717, 1.165) is 5.90 Å². The smallest absolute Gasteiger partial charge is 0.200 e. The van der Waals surface area contributed by atoms with Crippen molar-refractivity contribution in [1.82, 2.24) is 0 Å². The van der Waals surface area contributed by atoms with E-state index >= 15 is 0 Å². The van der Waals surface area contributed by atoms with Gasteiger partial charge in [0.1, 0.15) is 16.8 Å². The average Bonchev–Trinajstić information content (AvgIpc) is 2.97. The van der Waals surface area contributed by atoms with E-state index < -0.39 is 15.2 Å². The number of halogens is 1. The quantitative estimate of drug-likeness (QED) is 0.143. The Labute approximate surface area is 226 Å². The van der Waals surface area contributed by atoms with Crippen molar-refractivity contribution in [3.63, 3.8) is 0 Å². The topological polar surface area (TPSA) is 17.1 Å². The van der Waals surface area contributed by atoms with Gasteiger partial charge in [-0.05, 0) is 67.1 Å². The summed E-state index contributed by atoms with van der Waals surface area (Å²) >= 11 is 6.14. The zero-order valence-corrected chi connectivity index (χ0v) is 23.0. The maximum atomic E-state index is 14.0. The zero-order valence-electron chi connectivity index (χ0n) is 20.5. The summed E-state index contributed by atoms with van der Waals surface area (Å²) in [5.74, 6) is 1.08. The fourth-order valence-electron chi connectivity index (χ4n) is 4.71. The summed E-state index contributed by atoms with van der Waals surface area (Å²) in [5, 5.41) is 5.84. The monoisotopic (exact) mass is 537 g/mol. The largest absolute Gasteiger partial charge is 0.290 e. The van der Waals surface area contributed by atoms with Crippen LogP contribution in [0.1, 0.15) is 10.4 Å². The lowest BCUT2D eigenvalue weighted by Gasteiger charge is -2.31. The first-order valence-electron chi connectivity index (χ1n) is 12.3. The summed E-state index contributed by atoms with van der Waals surface area (Å²) in [6.07, 6.45) is 0.473. The number of rotatable bonds is 9. The molecule has 182 valence electrons. The van der Waals surface area contributed by atoms with Gasteiger partial charge in [-0.25, -0.2) is 0 Å². The number of hydrogen-bond acceptors (Lipinski definition) is 1. The molecule has 0 aliphatic heterocycles. The average molecular weight is 538 g/mol. The maximum absolute atomic E-state index is 14.0. The maximum Gasteiger partial charge on any atom is 0.200 e. The fourth-order valence-corrected chi connectivity index (χ4v) is 14.0. The molecule has 0 amide bonds. The number of Topliss-reactive ketones (excluding diaryl/α,β-unsaturated/α-hetero) is 1. The molecule has 1 nitrogen and oxygen atoms in total. The molecule has 0 N–H and O–H groups in total. The molecule has 0 bridgehead atoms. The van der Waals surface area contributed by atoms with Crippen molar-refractivity contribution >= 4 is 53.8 Å². The predicted molar refractivity (Wildman–Crippen MR) is 164 cm³/mol. The minimum Gasteiger partial charge on any atom is -0.290 e. The van der Waals surface area contributed by atoms with Crippen LogP contribution >= 0.6 is 26.8 Å². The molecule has 5 rings (SSSR count). The second kappa shape index (κ2) is 12.0. The Morgan fingerprint density at radius 3 is 1.41 bits per heavy atom. The summed E-state index contributed by atoms with van der Waals surface area (Å²) in [4.78, 5) is 14.0. The minimum atomic E-state index is -2.18. The molecule has 5 aromatic rings. The standard InChI is InChI=1S/C33H28ClOP2/c34-28-23-21-27(22-24-28)33(35)25-37(31-17-9-3-10-18-31,32-19-11-4-12-20-32)26-36(29-13-5-1-6-14-29)30-15-7-2-8-16-30/h1-24H,25-26H2/q+1. The third-order valence-electron chi connectivity index (χ3n) is 6.60. The van der Waals surface area contributed by atoms with E-state index in [2.05, 4.69) is 121 Å². The third kappa shape index (κ3) is 5.92. The summed E-state index contributed by atoms with van der Waals surface area (Å²) in [7, 11) is -2.89. The highest BCUT2D eigenvalue weighted by molar-refractivity contribution is 7.99. The molecule has 0 aromatic heterocycles. The molecule has 0 unspecified atom stereocenters. The van der Waals surface area contributed by atoms with Crippen molar-refractivity contribution in [2.75, 3.05) is 12.1 Å². The summed E-state index contributed by atoms with van der Waals surface area (Å²) < 4.78 is 0. The van der Waals surface area contributed by atoms with Crippen LogP contribution in [0.15, 0.2) is 146 Å². The van der Waals surface area contributed by atoms with Crippen LogP contribution in [-0.4, -0.2) is 17.8 Å². The van der Waals surface area contributed by atoms with E-state index in [1.807, 2.05) is 12.1 Å². The van der Waals surface area contributed by atoms with E-state index in [9.17, 15) is 4.79 Å². The van der Waals surface area contributed by atoms with Crippen LogP contribution < -0.4 is 21.2 Å². The van der Waals surface area contributed by atoms with Crippen LogP contribution in [0.25, 0.3) is 0 Å². The number of hydrogen-bond donors (Lipinski definition) is 0. The van der Waals surface area contributed by atoms with E-state index in [1.165, 1.54) is 21.2 Å². The highest BCUT2D eigenvalue weighted by Crippen LogP contribution is 2.64. The minimum absolute atomic E-state index is 0.161. The first-order valence-corrected chi connectivity index (χ1v) is 16.4. The Bertz CT molecular complexity index is 1350. The fraction of sp³-hybridized carbons (Fsp3) is 0.0606. The van der Waals surface area contributed by atoms with Gasteiger partial charge in [-0.2, -0.15) is 0 Å². The Morgan fingerprint density at radius 1 is 0.568 bits per heavy atom. The van der Waals surface area contributed by atoms with E-state index in [1.54, 1.807) is 12.1 Å². The van der Waals surface area contributed by atoms with Gasteiger partial charge in [0.2, 0.25) is 5.78 Å². The second-order valence-electron chi connectivity index (χ2n) is 8.97. The molecule has 0 aliphatic rings. The molecule has 0 spiro atoms. The van der Waals surface area contributed by atoms with Gasteiger partial charge in [0.15, 0.2) is 0 Å². The van der Waals surface area contributed by atoms with Crippen LogP contribution in [0.2, 0.25) is 5.02 Å². The van der Waals surface area contributed by atoms with Crippen molar-refractivity contribution < 1.29 is 4.79 Å². The van der Waals surface area contributed by atoms with Gasteiger partial charge in [0.25, 0.3) is 0 Å². The van der Waals surface area contributed by atoms with Crippen molar-refractivity contribution in [1.29, 1.82) is 0 Å². The van der Waals surface area contributed by atoms with Gasteiger partial charge >= 0.3 is 0 Å². The predicted octanol–water partition coefficient (Wildman–Crippen LogP) is 7.28. The van der Waals surface area contributed by atoms with Gasteiger partial charge in [0.05, 0.1) is 13.2 Å². The first-order chi connectivity index (χ1) is 18.2. The van der Waals surface area contributed by atoms with Crippen LogP contribution in [0.3, 0.4) is 0 Å². The van der Waals surface area contributed by atoms with Crippen LogP contribution in [0.4, 0.5) is 0 Å². The van der Waals surface area contributed by atoms with Crippen molar-refractivity contribution in [2.45, 2.75) is 0 Å². The molecule has 0 radical (unpaired) electrons. The Balaban J connectivity index is 1.70. The highest BCUT2D eigenvalue weighted by atomic mass is 35.5. The van der Waals surface area contributed by atoms with E-state index in [4.69, 9.17) is 11.6 Å². The molecular weight excluding hydrogens is 510 g/mol. The Hall–Kier alpha value is -3.08. The van der Waals surface area contributed by atoms with Gasteiger partial charge < -0.3 is 0 Å².